The largest absolute Gasteiger partial charge is 0.391 e. The van der Waals surface area contributed by atoms with E-state index in [1.165, 1.54) is 0 Å². The first-order valence-electron chi connectivity index (χ1n) is 7.10. The molecule has 104 valence electrons. The molecule has 0 radical (unpaired) electrons. The van der Waals surface area contributed by atoms with Gasteiger partial charge in [-0.15, -0.1) is 0 Å². The monoisotopic (exact) mass is 263 g/mol. The SMILES string of the molecule is O=C(c1ccc[nH]1)N1CCN(C2CCCC2O)CC1. The van der Waals surface area contributed by atoms with Gasteiger partial charge in [-0.05, 0) is 31.4 Å². The normalized spacial score (nSPS) is 28.8. The molecule has 0 aromatic carbocycles. The Kier molecular flexibility index (Phi) is 3.57. The Morgan fingerprint density at radius 3 is 2.63 bits per heavy atom. The third kappa shape index (κ3) is 2.53. The second kappa shape index (κ2) is 5.35. The number of piperazine rings is 1. The van der Waals surface area contributed by atoms with E-state index in [-0.39, 0.29) is 12.0 Å². The Hall–Kier alpha value is -1.33. The topological polar surface area (TPSA) is 59.6 Å². The van der Waals surface area contributed by atoms with Crippen molar-refractivity contribution in [2.75, 3.05) is 26.2 Å². The maximum atomic E-state index is 12.2. The number of rotatable bonds is 2. The van der Waals surface area contributed by atoms with Crippen LogP contribution in [0.1, 0.15) is 29.8 Å². The van der Waals surface area contributed by atoms with Crippen LogP contribution < -0.4 is 0 Å². The zero-order valence-electron chi connectivity index (χ0n) is 11.1. The number of carbonyl (C=O) groups is 1. The standard InChI is InChI=1S/C14H21N3O2/c18-13-5-1-4-12(13)16-7-9-17(10-8-16)14(19)11-3-2-6-15-11/h2-3,6,12-13,15,18H,1,4-5,7-10H2. The van der Waals surface area contributed by atoms with Crippen LogP contribution in [-0.2, 0) is 0 Å². The maximum Gasteiger partial charge on any atom is 0.270 e. The third-order valence-electron chi connectivity index (χ3n) is 4.34. The molecule has 1 aromatic rings. The number of amides is 1. The average Bonchev–Trinajstić information content (AvgIpc) is 3.09. The quantitative estimate of drug-likeness (QED) is 0.825. The first kappa shape index (κ1) is 12.7. The molecule has 1 aromatic heterocycles. The van der Waals surface area contributed by atoms with Crippen LogP contribution in [0.3, 0.4) is 0 Å². The summed E-state index contributed by atoms with van der Waals surface area (Å²) < 4.78 is 0. The number of aliphatic hydroxyl groups is 1. The number of hydrogen-bond acceptors (Lipinski definition) is 3. The van der Waals surface area contributed by atoms with Crippen molar-refractivity contribution in [2.24, 2.45) is 0 Å². The molecular weight excluding hydrogens is 242 g/mol. The van der Waals surface area contributed by atoms with Gasteiger partial charge in [0, 0.05) is 38.4 Å². The lowest BCUT2D eigenvalue weighted by atomic mass is 10.1. The van der Waals surface area contributed by atoms with Crippen molar-refractivity contribution in [1.82, 2.24) is 14.8 Å². The summed E-state index contributed by atoms with van der Waals surface area (Å²) in [5.41, 5.74) is 0.661. The zero-order chi connectivity index (χ0) is 13.2. The first-order chi connectivity index (χ1) is 9.25. The van der Waals surface area contributed by atoms with Gasteiger partial charge < -0.3 is 15.0 Å². The molecule has 1 saturated carbocycles. The minimum Gasteiger partial charge on any atom is -0.391 e. The summed E-state index contributed by atoms with van der Waals surface area (Å²) in [4.78, 5) is 19.4. The lowest BCUT2D eigenvalue weighted by Crippen LogP contribution is -2.53. The lowest BCUT2D eigenvalue weighted by molar-refractivity contribution is 0.0313. The van der Waals surface area contributed by atoms with Crippen LogP contribution >= 0.6 is 0 Å². The molecule has 19 heavy (non-hydrogen) atoms. The maximum absolute atomic E-state index is 12.2. The molecule has 5 nitrogen and oxygen atoms in total. The van der Waals surface area contributed by atoms with Crippen LogP contribution in [0.2, 0.25) is 0 Å². The number of aliphatic hydroxyl groups excluding tert-OH is 1. The Balaban J connectivity index is 1.56. The summed E-state index contributed by atoms with van der Waals surface area (Å²) in [5, 5.41) is 9.94. The van der Waals surface area contributed by atoms with E-state index < -0.39 is 0 Å². The van der Waals surface area contributed by atoms with Gasteiger partial charge in [0.05, 0.1) is 6.10 Å². The molecule has 0 bridgehead atoms. The molecule has 2 heterocycles. The van der Waals surface area contributed by atoms with Crippen molar-refractivity contribution in [3.05, 3.63) is 24.0 Å². The van der Waals surface area contributed by atoms with E-state index in [2.05, 4.69) is 9.88 Å². The Bertz CT molecular complexity index is 424. The smallest absolute Gasteiger partial charge is 0.270 e. The minimum absolute atomic E-state index is 0.0802. The highest BCUT2D eigenvalue weighted by Gasteiger charge is 2.33. The van der Waals surface area contributed by atoms with Crippen molar-refractivity contribution in [3.8, 4) is 0 Å². The first-order valence-corrected chi connectivity index (χ1v) is 7.10. The van der Waals surface area contributed by atoms with Crippen molar-refractivity contribution < 1.29 is 9.90 Å². The van der Waals surface area contributed by atoms with Gasteiger partial charge in [0.25, 0.3) is 5.91 Å². The molecule has 2 unspecified atom stereocenters. The van der Waals surface area contributed by atoms with Gasteiger partial charge in [-0.2, -0.15) is 0 Å². The van der Waals surface area contributed by atoms with Crippen LogP contribution in [-0.4, -0.2) is 64.1 Å². The van der Waals surface area contributed by atoms with E-state index in [1.807, 2.05) is 17.0 Å². The predicted molar refractivity (Wildman–Crippen MR) is 71.9 cm³/mol. The van der Waals surface area contributed by atoms with Crippen LogP contribution in [0.4, 0.5) is 0 Å². The van der Waals surface area contributed by atoms with E-state index in [1.54, 1.807) is 6.20 Å². The van der Waals surface area contributed by atoms with E-state index in [4.69, 9.17) is 0 Å². The van der Waals surface area contributed by atoms with Gasteiger partial charge in [-0.3, -0.25) is 9.69 Å². The van der Waals surface area contributed by atoms with Gasteiger partial charge in [0.1, 0.15) is 5.69 Å². The fourth-order valence-corrected chi connectivity index (χ4v) is 3.24. The molecule has 1 amide bonds. The van der Waals surface area contributed by atoms with Crippen molar-refractivity contribution >= 4 is 5.91 Å². The number of carbonyl (C=O) groups excluding carboxylic acids is 1. The molecule has 5 heteroatoms. The summed E-state index contributed by atoms with van der Waals surface area (Å²) in [5.74, 6) is 0.0802. The second-order valence-corrected chi connectivity index (χ2v) is 5.48. The predicted octanol–water partition coefficient (Wildman–Crippen LogP) is 0.686. The van der Waals surface area contributed by atoms with Gasteiger partial charge in [0.2, 0.25) is 0 Å². The van der Waals surface area contributed by atoms with Crippen molar-refractivity contribution in [3.63, 3.8) is 0 Å². The number of aromatic amines is 1. The molecule has 2 fully saturated rings. The van der Waals surface area contributed by atoms with E-state index in [0.29, 0.717) is 11.7 Å². The second-order valence-electron chi connectivity index (χ2n) is 5.48. The molecule has 2 N–H and O–H groups in total. The van der Waals surface area contributed by atoms with Crippen LogP contribution in [0.5, 0.6) is 0 Å². The lowest BCUT2D eigenvalue weighted by Gasteiger charge is -2.38. The molecular formula is C14H21N3O2. The fourth-order valence-electron chi connectivity index (χ4n) is 3.24. The molecule has 1 aliphatic heterocycles. The van der Waals surface area contributed by atoms with E-state index in [9.17, 15) is 9.90 Å². The summed E-state index contributed by atoms with van der Waals surface area (Å²) in [6.07, 6.45) is 4.73. The average molecular weight is 263 g/mol. The van der Waals surface area contributed by atoms with Crippen molar-refractivity contribution in [1.29, 1.82) is 0 Å². The number of nitrogens with one attached hydrogen (secondary N) is 1. The molecule has 1 saturated heterocycles. The summed E-state index contributed by atoms with van der Waals surface area (Å²) in [6.45, 7) is 3.24. The summed E-state index contributed by atoms with van der Waals surface area (Å²) in [7, 11) is 0. The van der Waals surface area contributed by atoms with E-state index in [0.717, 1.165) is 45.4 Å². The number of aromatic nitrogens is 1. The zero-order valence-corrected chi connectivity index (χ0v) is 11.1. The number of nitrogens with zero attached hydrogens (tertiary/aromatic N) is 2. The van der Waals surface area contributed by atoms with Gasteiger partial charge >= 0.3 is 0 Å². The van der Waals surface area contributed by atoms with Gasteiger partial charge in [-0.25, -0.2) is 0 Å². The van der Waals surface area contributed by atoms with Gasteiger partial charge in [0.15, 0.2) is 0 Å². The highest BCUT2D eigenvalue weighted by atomic mass is 16.3. The molecule has 2 aliphatic rings. The third-order valence-corrected chi connectivity index (χ3v) is 4.34. The summed E-state index contributed by atoms with van der Waals surface area (Å²) in [6, 6.07) is 3.97. The number of hydrogen-bond donors (Lipinski definition) is 2. The number of H-pyrrole nitrogens is 1. The van der Waals surface area contributed by atoms with Crippen LogP contribution in [0.25, 0.3) is 0 Å². The van der Waals surface area contributed by atoms with Crippen molar-refractivity contribution in [2.45, 2.75) is 31.4 Å². The molecule has 2 atom stereocenters. The Morgan fingerprint density at radius 2 is 2.05 bits per heavy atom. The highest BCUT2D eigenvalue weighted by Crippen LogP contribution is 2.25. The fraction of sp³-hybridized carbons (Fsp3) is 0.643. The molecule has 3 rings (SSSR count). The highest BCUT2D eigenvalue weighted by molar-refractivity contribution is 5.92. The molecule has 0 spiro atoms. The van der Waals surface area contributed by atoms with Gasteiger partial charge in [-0.1, -0.05) is 0 Å². The minimum atomic E-state index is -0.175. The molecule has 1 aliphatic carbocycles. The van der Waals surface area contributed by atoms with E-state index >= 15 is 0 Å². The van der Waals surface area contributed by atoms with Crippen LogP contribution in [0.15, 0.2) is 18.3 Å². The Labute approximate surface area is 113 Å². The van der Waals surface area contributed by atoms with Crippen LogP contribution in [0, 0.1) is 0 Å². The summed E-state index contributed by atoms with van der Waals surface area (Å²) >= 11 is 0. The Morgan fingerprint density at radius 1 is 1.26 bits per heavy atom.